The molecular formula is C23H21N3O3S. The van der Waals surface area contributed by atoms with E-state index in [1.807, 2.05) is 67.6 Å². The van der Waals surface area contributed by atoms with Crippen molar-refractivity contribution in [2.24, 2.45) is 0 Å². The number of nitrogens with zero attached hydrogens (tertiary/aromatic N) is 2. The van der Waals surface area contributed by atoms with E-state index in [1.165, 1.54) is 11.3 Å². The highest BCUT2D eigenvalue weighted by atomic mass is 32.1. The zero-order valence-electron chi connectivity index (χ0n) is 16.7. The fourth-order valence-corrected chi connectivity index (χ4v) is 4.40. The molecule has 0 bridgehead atoms. The normalized spacial score (nSPS) is 12.1. The molecular weight excluding hydrogens is 398 g/mol. The smallest absolute Gasteiger partial charge is 0.306 e. The van der Waals surface area contributed by atoms with Gasteiger partial charge in [-0.05, 0) is 37.6 Å². The average Bonchev–Trinajstić information content (AvgIpc) is 3.13. The van der Waals surface area contributed by atoms with Gasteiger partial charge in [0.05, 0.1) is 11.9 Å². The number of aromatic amines is 1. The van der Waals surface area contributed by atoms with Gasteiger partial charge >= 0.3 is 5.69 Å². The Labute approximate surface area is 177 Å². The SMILES string of the molecule is Cc1cc2c(=O)n(C(C)C(=O)N(Cc3ccccc3)c3ccccc3)c(=O)[nH]c2s1. The van der Waals surface area contributed by atoms with Gasteiger partial charge in [0.25, 0.3) is 5.56 Å². The van der Waals surface area contributed by atoms with E-state index in [4.69, 9.17) is 0 Å². The van der Waals surface area contributed by atoms with Crippen LogP contribution in [-0.4, -0.2) is 15.5 Å². The Kier molecular flexibility index (Phi) is 5.37. The maximum Gasteiger partial charge on any atom is 0.330 e. The number of nitrogens with one attached hydrogen (secondary N) is 1. The lowest BCUT2D eigenvalue weighted by atomic mass is 10.1. The molecule has 2 heterocycles. The van der Waals surface area contributed by atoms with E-state index in [0.29, 0.717) is 22.4 Å². The van der Waals surface area contributed by atoms with Crippen LogP contribution in [0.5, 0.6) is 0 Å². The average molecular weight is 420 g/mol. The summed E-state index contributed by atoms with van der Waals surface area (Å²) >= 11 is 1.35. The second-order valence-corrected chi connectivity index (χ2v) is 8.38. The molecule has 0 aliphatic carbocycles. The van der Waals surface area contributed by atoms with Gasteiger partial charge in [-0.25, -0.2) is 9.36 Å². The lowest BCUT2D eigenvalue weighted by molar-refractivity contribution is -0.121. The molecule has 0 aliphatic heterocycles. The number of aryl methyl sites for hydroxylation is 1. The van der Waals surface area contributed by atoms with Gasteiger partial charge in [0.1, 0.15) is 10.9 Å². The van der Waals surface area contributed by atoms with Crippen LogP contribution in [0.2, 0.25) is 0 Å². The Morgan fingerprint density at radius 3 is 2.37 bits per heavy atom. The predicted molar refractivity (Wildman–Crippen MR) is 120 cm³/mol. The molecule has 1 amide bonds. The standard InChI is InChI=1S/C23H21N3O3S/c1-15-13-19-20(30-15)24-23(29)26(22(19)28)16(2)21(27)25(18-11-7-4-8-12-18)14-17-9-5-3-6-10-17/h3-13,16H,14H2,1-2H3,(H,24,29). The van der Waals surface area contributed by atoms with Crippen LogP contribution in [0.4, 0.5) is 5.69 Å². The minimum absolute atomic E-state index is 0.330. The minimum atomic E-state index is -0.963. The molecule has 7 heteroatoms. The number of benzene rings is 2. The van der Waals surface area contributed by atoms with Gasteiger partial charge in [0.15, 0.2) is 0 Å². The summed E-state index contributed by atoms with van der Waals surface area (Å²) in [6.45, 7) is 3.80. The molecule has 0 saturated heterocycles. The fourth-order valence-electron chi connectivity index (χ4n) is 3.50. The first-order valence-electron chi connectivity index (χ1n) is 9.61. The van der Waals surface area contributed by atoms with E-state index < -0.39 is 17.3 Å². The Morgan fingerprint density at radius 1 is 1.07 bits per heavy atom. The Bertz CT molecular complexity index is 1310. The lowest BCUT2D eigenvalue weighted by Crippen LogP contribution is -2.44. The number of amides is 1. The molecule has 1 N–H and O–H groups in total. The fraction of sp³-hybridized carbons (Fsp3) is 0.174. The molecule has 0 spiro atoms. The van der Waals surface area contributed by atoms with Crippen molar-refractivity contribution < 1.29 is 4.79 Å². The van der Waals surface area contributed by atoms with Crippen LogP contribution in [0.25, 0.3) is 10.2 Å². The molecule has 2 aromatic carbocycles. The molecule has 152 valence electrons. The third-order valence-electron chi connectivity index (χ3n) is 5.01. The van der Waals surface area contributed by atoms with Crippen molar-refractivity contribution in [3.63, 3.8) is 0 Å². The summed E-state index contributed by atoms with van der Waals surface area (Å²) in [6.07, 6.45) is 0. The summed E-state index contributed by atoms with van der Waals surface area (Å²) in [7, 11) is 0. The number of H-pyrrole nitrogens is 1. The first-order valence-corrected chi connectivity index (χ1v) is 10.4. The Balaban J connectivity index is 1.77. The van der Waals surface area contributed by atoms with Crippen molar-refractivity contribution in [1.29, 1.82) is 0 Å². The summed E-state index contributed by atoms with van der Waals surface area (Å²) in [4.78, 5) is 45.0. The Morgan fingerprint density at radius 2 is 1.70 bits per heavy atom. The van der Waals surface area contributed by atoms with Gasteiger partial charge in [0, 0.05) is 10.6 Å². The van der Waals surface area contributed by atoms with Crippen LogP contribution in [0.1, 0.15) is 23.4 Å². The highest BCUT2D eigenvalue weighted by Crippen LogP contribution is 2.22. The first kappa shape index (κ1) is 19.8. The van der Waals surface area contributed by atoms with Gasteiger partial charge in [-0.15, -0.1) is 11.3 Å². The van der Waals surface area contributed by atoms with Crippen LogP contribution in [0, 0.1) is 6.92 Å². The molecule has 0 aliphatic rings. The summed E-state index contributed by atoms with van der Waals surface area (Å²) in [5, 5.41) is 0.422. The van der Waals surface area contributed by atoms with Crippen molar-refractivity contribution in [3.8, 4) is 0 Å². The van der Waals surface area contributed by atoms with E-state index in [2.05, 4.69) is 4.98 Å². The molecule has 2 aromatic heterocycles. The number of para-hydroxylation sites is 1. The predicted octanol–water partition coefficient (Wildman–Crippen LogP) is 3.85. The van der Waals surface area contributed by atoms with Gasteiger partial charge in [-0.3, -0.25) is 14.6 Å². The van der Waals surface area contributed by atoms with E-state index >= 15 is 0 Å². The highest BCUT2D eigenvalue weighted by molar-refractivity contribution is 7.18. The molecule has 1 unspecified atom stereocenters. The topological polar surface area (TPSA) is 75.2 Å². The van der Waals surface area contributed by atoms with Crippen molar-refractivity contribution in [3.05, 3.63) is 98.0 Å². The molecule has 0 saturated carbocycles. The van der Waals surface area contributed by atoms with E-state index in [9.17, 15) is 14.4 Å². The maximum atomic E-state index is 13.5. The van der Waals surface area contributed by atoms with Crippen LogP contribution in [-0.2, 0) is 11.3 Å². The summed E-state index contributed by atoms with van der Waals surface area (Å²) in [5.41, 5.74) is 0.622. The van der Waals surface area contributed by atoms with Crippen LogP contribution in [0.15, 0.2) is 76.3 Å². The third kappa shape index (κ3) is 3.71. The summed E-state index contributed by atoms with van der Waals surface area (Å²) in [5.74, 6) is -0.330. The maximum absolute atomic E-state index is 13.5. The number of thiophene rings is 1. The zero-order valence-corrected chi connectivity index (χ0v) is 17.5. The number of carbonyl (C=O) groups is 1. The van der Waals surface area contributed by atoms with Crippen LogP contribution < -0.4 is 16.1 Å². The highest BCUT2D eigenvalue weighted by Gasteiger charge is 2.27. The number of hydrogen-bond donors (Lipinski definition) is 1. The van der Waals surface area contributed by atoms with Crippen molar-refractivity contribution >= 4 is 33.1 Å². The molecule has 0 fully saturated rings. The number of fused-ring (bicyclic) bond motifs is 1. The second-order valence-electron chi connectivity index (χ2n) is 7.13. The molecule has 4 aromatic rings. The first-order chi connectivity index (χ1) is 14.5. The molecule has 4 rings (SSSR count). The second kappa shape index (κ2) is 8.12. The van der Waals surface area contributed by atoms with Crippen LogP contribution >= 0.6 is 11.3 Å². The molecule has 1 atom stereocenters. The number of rotatable bonds is 5. The van der Waals surface area contributed by atoms with Crippen LogP contribution in [0.3, 0.4) is 0 Å². The monoisotopic (exact) mass is 419 g/mol. The van der Waals surface area contributed by atoms with E-state index in [0.717, 1.165) is 15.0 Å². The lowest BCUT2D eigenvalue weighted by Gasteiger charge is -2.26. The summed E-state index contributed by atoms with van der Waals surface area (Å²) in [6, 6.07) is 19.6. The molecule has 6 nitrogen and oxygen atoms in total. The third-order valence-corrected chi connectivity index (χ3v) is 5.97. The van der Waals surface area contributed by atoms with Crippen molar-refractivity contribution in [1.82, 2.24) is 9.55 Å². The quantitative estimate of drug-likeness (QED) is 0.534. The largest absolute Gasteiger partial charge is 0.330 e. The van der Waals surface area contributed by atoms with Gasteiger partial charge in [-0.1, -0.05) is 48.5 Å². The number of anilines is 1. The van der Waals surface area contributed by atoms with E-state index in [1.54, 1.807) is 17.9 Å². The number of hydrogen-bond acceptors (Lipinski definition) is 4. The van der Waals surface area contributed by atoms with E-state index in [-0.39, 0.29) is 5.91 Å². The minimum Gasteiger partial charge on any atom is -0.306 e. The van der Waals surface area contributed by atoms with Gasteiger partial charge in [-0.2, -0.15) is 0 Å². The van der Waals surface area contributed by atoms with Gasteiger partial charge in [0.2, 0.25) is 5.91 Å². The van der Waals surface area contributed by atoms with Gasteiger partial charge < -0.3 is 4.90 Å². The number of aromatic nitrogens is 2. The summed E-state index contributed by atoms with van der Waals surface area (Å²) < 4.78 is 1.01. The van der Waals surface area contributed by atoms with Crippen molar-refractivity contribution in [2.75, 3.05) is 4.90 Å². The number of carbonyl (C=O) groups excluding carboxylic acids is 1. The molecule has 30 heavy (non-hydrogen) atoms. The molecule has 0 radical (unpaired) electrons. The Hall–Kier alpha value is -3.45. The van der Waals surface area contributed by atoms with Crippen molar-refractivity contribution in [2.45, 2.75) is 26.4 Å². The zero-order chi connectivity index (χ0) is 21.3.